The Morgan fingerprint density at radius 3 is 2.78 bits per heavy atom. The van der Waals surface area contributed by atoms with Crippen LogP contribution in [-0.2, 0) is 13.1 Å². The predicted molar refractivity (Wildman–Crippen MR) is 104 cm³/mol. The lowest BCUT2D eigenvalue weighted by atomic mass is 10.1. The molecular weight excluding hydrogens is 345 g/mol. The Labute approximate surface area is 159 Å². The van der Waals surface area contributed by atoms with Crippen molar-refractivity contribution in [2.75, 3.05) is 31.6 Å². The third kappa shape index (κ3) is 4.98. The van der Waals surface area contributed by atoms with E-state index < -0.39 is 0 Å². The molecule has 0 bridgehead atoms. The number of urea groups is 1. The van der Waals surface area contributed by atoms with Gasteiger partial charge in [0.25, 0.3) is 0 Å². The zero-order chi connectivity index (χ0) is 19.2. The highest BCUT2D eigenvalue weighted by molar-refractivity contribution is 5.89. The molecule has 27 heavy (non-hydrogen) atoms. The van der Waals surface area contributed by atoms with Crippen molar-refractivity contribution in [1.82, 2.24) is 9.80 Å². The molecule has 0 spiro atoms. The van der Waals surface area contributed by atoms with E-state index in [0.29, 0.717) is 25.4 Å². The number of carbonyl (C=O) groups is 1. The van der Waals surface area contributed by atoms with Gasteiger partial charge in [0.15, 0.2) is 0 Å². The topological polar surface area (TPSA) is 44.8 Å². The number of hydrogen-bond acceptors (Lipinski definition) is 3. The maximum absolute atomic E-state index is 13.3. The van der Waals surface area contributed by atoms with Crippen molar-refractivity contribution in [2.45, 2.75) is 26.9 Å². The first-order valence-electron chi connectivity index (χ1n) is 9.37. The van der Waals surface area contributed by atoms with Crippen LogP contribution in [0.25, 0.3) is 0 Å². The molecule has 3 rings (SSSR count). The normalized spacial score (nSPS) is 13.7. The fourth-order valence-electron chi connectivity index (χ4n) is 3.19. The first-order chi connectivity index (χ1) is 13.1. The van der Waals surface area contributed by atoms with E-state index in [1.54, 1.807) is 17.0 Å². The summed E-state index contributed by atoms with van der Waals surface area (Å²) >= 11 is 0. The van der Waals surface area contributed by atoms with Gasteiger partial charge in [-0.3, -0.25) is 4.90 Å². The lowest BCUT2D eigenvalue weighted by Crippen LogP contribution is -2.36. The van der Waals surface area contributed by atoms with Gasteiger partial charge in [0.2, 0.25) is 0 Å². The van der Waals surface area contributed by atoms with Gasteiger partial charge in [-0.2, -0.15) is 0 Å². The Hall–Kier alpha value is -2.60. The molecule has 0 saturated heterocycles. The Morgan fingerprint density at radius 1 is 1.22 bits per heavy atom. The molecule has 0 aliphatic carbocycles. The van der Waals surface area contributed by atoms with Crippen LogP contribution in [0.1, 0.15) is 25.0 Å². The van der Waals surface area contributed by atoms with Crippen LogP contribution in [0.3, 0.4) is 0 Å². The van der Waals surface area contributed by atoms with Crippen LogP contribution < -0.4 is 10.1 Å². The lowest BCUT2D eigenvalue weighted by Gasteiger charge is -2.21. The van der Waals surface area contributed by atoms with E-state index >= 15 is 0 Å². The minimum Gasteiger partial charge on any atom is -0.491 e. The molecule has 0 aromatic heterocycles. The number of benzene rings is 2. The molecule has 5 nitrogen and oxygen atoms in total. The number of anilines is 1. The summed E-state index contributed by atoms with van der Waals surface area (Å²) in [6.45, 7) is 8.51. The van der Waals surface area contributed by atoms with Crippen molar-refractivity contribution < 1.29 is 13.9 Å². The number of nitrogens with one attached hydrogen (secondary N) is 1. The van der Waals surface area contributed by atoms with E-state index in [0.717, 1.165) is 30.9 Å². The standard InChI is InChI=1S/C21H26FN3O2/c1-3-24(4-2)14-16-8-9-20-17(12-16)15-25(10-11-27-20)21(26)23-19-7-5-6-18(22)13-19/h5-9,12-13H,3-4,10-11,14-15H2,1-2H3,(H,23,26). The number of fused-ring (bicyclic) bond motifs is 1. The molecule has 1 aliphatic heterocycles. The Balaban J connectivity index is 1.73. The molecule has 1 heterocycles. The average molecular weight is 371 g/mol. The van der Waals surface area contributed by atoms with E-state index in [1.165, 1.54) is 17.7 Å². The fourth-order valence-corrected chi connectivity index (χ4v) is 3.19. The zero-order valence-corrected chi connectivity index (χ0v) is 15.9. The van der Waals surface area contributed by atoms with Crippen LogP contribution in [0, 0.1) is 5.82 Å². The molecule has 2 aromatic carbocycles. The molecular formula is C21H26FN3O2. The summed E-state index contributed by atoms with van der Waals surface area (Å²) < 4.78 is 19.2. The first kappa shape index (κ1) is 19.2. The van der Waals surface area contributed by atoms with Crippen LogP contribution in [0.5, 0.6) is 5.75 Å². The number of ether oxygens (including phenoxy) is 1. The van der Waals surface area contributed by atoms with Crippen molar-refractivity contribution in [1.29, 1.82) is 0 Å². The third-order valence-electron chi connectivity index (χ3n) is 4.77. The number of amides is 2. The highest BCUT2D eigenvalue weighted by atomic mass is 19.1. The van der Waals surface area contributed by atoms with Crippen molar-refractivity contribution in [2.24, 2.45) is 0 Å². The van der Waals surface area contributed by atoms with E-state index in [4.69, 9.17) is 4.74 Å². The second kappa shape index (κ2) is 8.86. The van der Waals surface area contributed by atoms with Crippen LogP contribution in [0.4, 0.5) is 14.9 Å². The summed E-state index contributed by atoms with van der Waals surface area (Å²) in [4.78, 5) is 16.7. The SMILES string of the molecule is CCN(CC)Cc1ccc2c(c1)CN(C(=O)Nc1cccc(F)c1)CCO2. The Bertz CT molecular complexity index is 793. The van der Waals surface area contributed by atoms with Gasteiger partial charge in [-0.05, 0) is 49.0 Å². The smallest absolute Gasteiger partial charge is 0.322 e. The van der Waals surface area contributed by atoms with Crippen molar-refractivity contribution >= 4 is 11.7 Å². The van der Waals surface area contributed by atoms with E-state index in [2.05, 4.69) is 36.2 Å². The van der Waals surface area contributed by atoms with E-state index in [9.17, 15) is 9.18 Å². The molecule has 2 amide bonds. The number of rotatable bonds is 5. The fraction of sp³-hybridized carbons (Fsp3) is 0.381. The molecule has 0 saturated carbocycles. The van der Waals surface area contributed by atoms with Gasteiger partial charge in [0.05, 0.1) is 13.1 Å². The second-order valence-electron chi connectivity index (χ2n) is 6.61. The summed E-state index contributed by atoms with van der Waals surface area (Å²) in [6, 6.07) is 11.8. The Morgan fingerprint density at radius 2 is 2.04 bits per heavy atom. The van der Waals surface area contributed by atoms with Gasteiger partial charge in [-0.25, -0.2) is 9.18 Å². The quantitative estimate of drug-likeness (QED) is 0.861. The lowest BCUT2D eigenvalue weighted by molar-refractivity contribution is 0.200. The predicted octanol–water partition coefficient (Wildman–Crippen LogP) is 4.09. The highest BCUT2D eigenvalue weighted by Crippen LogP contribution is 2.25. The van der Waals surface area contributed by atoms with Crippen LogP contribution in [0.15, 0.2) is 42.5 Å². The molecule has 0 atom stereocenters. The van der Waals surface area contributed by atoms with E-state index in [-0.39, 0.29) is 11.8 Å². The van der Waals surface area contributed by atoms with Crippen LogP contribution >= 0.6 is 0 Å². The second-order valence-corrected chi connectivity index (χ2v) is 6.61. The molecule has 0 radical (unpaired) electrons. The first-order valence-corrected chi connectivity index (χ1v) is 9.37. The zero-order valence-electron chi connectivity index (χ0n) is 15.9. The molecule has 144 valence electrons. The summed E-state index contributed by atoms with van der Waals surface area (Å²) in [5.74, 6) is 0.442. The maximum Gasteiger partial charge on any atom is 0.322 e. The molecule has 6 heteroatoms. The molecule has 1 N–H and O–H groups in total. The monoisotopic (exact) mass is 371 g/mol. The molecule has 0 fully saturated rings. The average Bonchev–Trinajstić information content (AvgIpc) is 2.88. The molecule has 0 unspecified atom stereocenters. The van der Waals surface area contributed by atoms with Gasteiger partial charge < -0.3 is 15.0 Å². The van der Waals surface area contributed by atoms with Gasteiger partial charge in [-0.1, -0.05) is 26.0 Å². The van der Waals surface area contributed by atoms with Crippen molar-refractivity contribution in [3.05, 3.63) is 59.4 Å². The largest absolute Gasteiger partial charge is 0.491 e. The summed E-state index contributed by atoms with van der Waals surface area (Å²) in [5, 5.41) is 2.76. The molecule has 1 aliphatic rings. The number of carbonyl (C=O) groups excluding carboxylic acids is 1. The summed E-state index contributed by atoms with van der Waals surface area (Å²) in [6.07, 6.45) is 0. The van der Waals surface area contributed by atoms with Crippen LogP contribution in [0.2, 0.25) is 0 Å². The highest BCUT2D eigenvalue weighted by Gasteiger charge is 2.20. The minimum atomic E-state index is -0.376. The number of hydrogen-bond donors (Lipinski definition) is 1. The maximum atomic E-state index is 13.3. The van der Waals surface area contributed by atoms with Gasteiger partial charge in [0, 0.05) is 17.8 Å². The number of nitrogens with zero attached hydrogens (tertiary/aromatic N) is 2. The van der Waals surface area contributed by atoms with Crippen molar-refractivity contribution in [3.8, 4) is 5.75 Å². The van der Waals surface area contributed by atoms with Gasteiger partial charge in [-0.15, -0.1) is 0 Å². The minimum absolute atomic E-state index is 0.258. The summed E-state index contributed by atoms with van der Waals surface area (Å²) in [7, 11) is 0. The van der Waals surface area contributed by atoms with Crippen LogP contribution in [-0.4, -0.2) is 42.1 Å². The van der Waals surface area contributed by atoms with E-state index in [1.807, 2.05) is 6.07 Å². The summed E-state index contributed by atoms with van der Waals surface area (Å²) in [5.41, 5.74) is 2.64. The third-order valence-corrected chi connectivity index (χ3v) is 4.77. The van der Waals surface area contributed by atoms with Crippen molar-refractivity contribution in [3.63, 3.8) is 0 Å². The molecule has 2 aromatic rings. The number of halogens is 1. The van der Waals surface area contributed by atoms with Gasteiger partial charge in [0.1, 0.15) is 18.2 Å². The van der Waals surface area contributed by atoms with Gasteiger partial charge >= 0.3 is 6.03 Å². The Kier molecular flexibility index (Phi) is 6.29.